The van der Waals surface area contributed by atoms with Crippen molar-refractivity contribution in [2.45, 2.75) is 90.4 Å². The molecule has 1 saturated heterocycles. The molecule has 12 nitrogen and oxygen atoms in total. The van der Waals surface area contributed by atoms with E-state index in [1.165, 1.54) is 38.0 Å². The highest BCUT2D eigenvalue weighted by Crippen LogP contribution is 2.38. The molecule has 1 aromatic rings. The molecular formula is C34H48ClN3O9. The molecule has 3 rings (SSSR count). The lowest BCUT2D eigenvalue weighted by atomic mass is 9.83. The predicted octanol–water partition coefficient (Wildman–Crippen LogP) is 4.40. The van der Waals surface area contributed by atoms with Gasteiger partial charge in [-0.1, -0.05) is 49.2 Å². The van der Waals surface area contributed by atoms with Crippen LogP contribution in [0.1, 0.15) is 59.4 Å². The summed E-state index contributed by atoms with van der Waals surface area (Å²) in [5, 5.41) is 14.4. The fourth-order valence-corrected chi connectivity index (χ4v) is 6.20. The van der Waals surface area contributed by atoms with Gasteiger partial charge in [0.05, 0.1) is 19.2 Å². The van der Waals surface area contributed by atoms with Crippen molar-refractivity contribution in [1.29, 1.82) is 0 Å². The molecule has 2 N–H and O–H groups in total. The molecule has 0 saturated carbocycles. The summed E-state index contributed by atoms with van der Waals surface area (Å²) in [7, 11) is 6.04. The molecule has 4 bridgehead atoms. The summed E-state index contributed by atoms with van der Waals surface area (Å²) in [6.45, 7) is 8.53. The number of carbonyl (C=O) groups is 4. The van der Waals surface area contributed by atoms with Gasteiger partial charge in [0.2, 0.25) is 11.8 Å². The number of carbonyl (C=O) groups excluding carboxylic acids is 4. The first-order valence-electron chi connectivity index (χ1n) is 15.7. The van der Waals surface area contributed by atoms with Gasteiger partial charge in [0.25, 0.3) is 0 Å². The van der Waals surface area contributed by atoms with Gasteiger partial charge in [-0.2, -0.15) is 0 Å². The van der Waals surface area contributed by atoms with Gasteiger partial charge in [-0.05, 0) is 56.2 Å². The molecule has 2 heterocycles. The smallest absolute Gasteiger partial charge is 0.409 e. The summed E-state index contributed by atoms with van der Waals surface area (Å²) in [4.78, 5) is 54.4. The Bertz CT molecular complexity index is 1400. The van der Waals surface area contributed by atoms with Gasteiger partial charge in [-0.25, -0.2) is 9.59 Å². The molecule has 0 unspecified atom stereocenters. The number of fused-ring (bicyclic) bond motifs is 4. The number of methoxy groups -OCH3 is 2. The van der Waals surface area contributed by atoms with Crippen LogP contribution >= 0.6 is 11.6 Å². The van der Waals surface area contributed by atoms with Crippen molar-refractivity contribution in [3.63, 3.8) is 0 Å². The SMILES string of the molecule is COc1cc2cc(c1Cl)N(C)C(=O)C[C@H](OC(=O)[C@H](C)N(C)C(C)=O)[C@@H](C)C[C@H](C)[C@@H]1C[C@@](O)(NC(=O)O1)[C@H](OC)/C=C/C=C(\C)C2. The zero-order valence-corrected chi connectivity index (χ0v) is 29.4. The molecule has 2 aliphatic rings. The Balaban J connectivity index is 2.10. The van der Waals surface area contributed by atoms with E-state index in [9.17, 15) is 24.3 Å². The number of ether oxygens (including phenoxy) is 4. The fraction of sp³-hybridized carbons (Fsp3) is 0.588. The standard InChI is InChI=1S/C34H48ClN3O9/c1-19-11-10-12-29(45-9)34(43)18-28(47-33(42)36-34)21(3)14-20(2)26(46-32(41)22(4)37(6)23(5)39)17-30(40)38(7)25-15-24(13-19)16-27(44-8)31(25)35/h10-12,15-16,20-22,26,28-29,43H,13-14,17-18H2,1-9H3,(H,36,42)/b12-10+,19-11+/t20-,21-,22-,26-,28-,29+,34-/m0/s1. The van der Waals surface area contributed by atoms with Gasteiger partial charge in [-0.3, -0.25) is 14.9 Å². The van der Waals surface area contributed by atoms with Crippen LogP contribution in [-0.4, -0.2) is 92.3 Å². The Labute approximate surface area is 282 Å². The van der Waals surface area contributed by atoms with Crippen molar-refractivity contribution in [3.8, 4) is 5.75 Å². The van der Waals surface area contributed by atoms with Gasteiger partial charge in [0, 0.05) is 34.5 Å². The lowest BCUT2D eigenvalue weighted by molar-refractivity contribution is -0.161. The maximum Gasteiger partial charge on any atom is 0.409 e. The summed E-state index contributed by atoms with van der Waals surface area (Å²) in [6, 6.07) is 2.71. The molecule has 260 valence electrons. The summed E-state index contributed by atoms with van der Waals surface area (Å²) in [6.07, 6.45) is 2.65. The van der Waals surface area contributed by atoms with Crippen LogP contribution in [0.4, 0.5) is 10.5 Å². The van der Waals surface area contributed by atoms with Crippen molar-refractivity contribution in [2.24, 2.45) is 11.8 Å². The number of alkyl carbamates (subject to hydrolysis) is 1. The average Bonchev–Trinajstić information content (AvgIpc) is 3.01. The van der Waals surface area contributed by atoms with Crippen molar-refractivity contribution in [2.75, 3.05) is 33.2 Å². The summed E-state index contributed by atoms with van der Waals surface area (Å²) < 4.78 is 22.7. The van der Waals surface area contributed by atoms with Gasteiger partial charge in [0.15, 0.2) is 5.72 Å². The molecule has 0 aromatic heterocycles. The van der Waals surface area contributed by atoms with E-state index >= 15 is 0 Å². The molecule has 1 aromatic carbocycles. The normalized spacial score (nSPS) is 29.8. The number of benzene rings is 1. The van der Waals surface area contributed by atoms with E-state index in [0.717, 1.165) is 11.1 Å². The first-order valence-corrected chi connectivity index (χ1v) is 16.0. The Kier molecular flexibility index (Phi) is 12.9. The number of aliphatic hydroxyl groups is 1. The maximum absolute atomic E-state index is 13.9. The van der Waals surface area contributed by atoms with E-state index in [-0.39, 0.29) is 35.6 Å². The lowest BCUT2D eigenvalue weighted by Crippen LogP contribution is -2.63. The van der Waals surface area contributed by atoms with Gasteiger partial charge < -0.3 is 33.9 Å². The molecular weight excluding hydrogens is 630 g/mol. The van der Waals surface area contributed by atoms with Crippen LogP contribution in [-0.2, 0) is 35.0 Å². The minimum absolute atomic E-state index is 0.0227. The van der Waals surface area contributed by atoms with Crippen LogP contribution in [0, 0.1) is 11.8 Å². The van der Waals surface area contributed by atoms with E-state index in [1.807, 2.05) is 32.9 Å². The second kappa shape index (κ2) is 16.0. The summed E-state index contributed by atoms with van der Waals surface area (Å²) in [5.41, 5.74) is 0.437. The number of nitrogens with zero attached hydrogens (tertiary/aromatic N) is 2. The van der Waals surface area contributed by atoms with Crippen LogP contribution in [0.3, 0.4) is 0 Å². The summed E-state index contributed by atoms with van der Waals surface area (Å²) in [5.74, 6) is -1.69. The fourth-order valence-electron chi connectivity index (χ4n) is 5.89. The van der Waals surface area contributed by atoms with E-state index in [1.54, 1.807) is 32.2 Å². The van der Waals surface area contributed by atoms with Crippen molar-refractivity contribution < 1.29 is 43.2 Å². The third-order valence-electron chi connectivity index (χ3n) is 9.07. The van der Waals surface area contributed by atoms with Gasteiger partial charge in [0.1, 0.15) is 35.1 Å². The maximum atomic E-state index is 13.9. The highest BCUT2D eigenvalue weighted by molar-refractivity contribution is 6.35. The highest BCUT2D eigenvalue weighted by atomic mass is 35.5. The molecule has 0 radical (unpaired) electrons. The van der Waals surface area contributed by atoms with Crippen LogP contribution in [0.2, 0.25) is 5.02 Å². The number of hydrogen-bond donors (Lipinski definition) is 2. The molecule has 13 heteroatoms. The van der Waals surface area contributed by atoms with Crippen molar-refractivity contribution in [1.82, 2.24) is 10.2 Å². The van der Waals surface area contributed by atoms with Gasteiger partial charge >= 0.3 is 12.1 Å². The molecule has 47 heavy (non-hydrogen) atoms. The number of likely N-dealkylation sites (N-methyl/N-ethyl adjacent to an activating group) is 1. The van der Waals surface area contributed by atoms with E-state index in [4.69, 9.17) is 30.5 Å². The molecule has 1 fully saturated rings. The second-order valence-corrected chi connectivity index (χ2v) is 13.1. The lowest BCUT2D eigenvalue weighted by Gasteiger charge is -2.42. The number of anilines is 1. The largest absolute Gasteiger partial charge is 0.495 e. The molecule has 2 aliphatic heterocycles. The van der Waals surface area contributed by atoms with Gasteiger partial charge in [-0.15, -0.1) is 0 Å². The van der Waals surface area contributed by atoms with Crippen LogP contribution < -0.4 is 15.0 Å². The number of allylic oxidation sites excluding steroid dienone is 3. The molecule has 0 aliphatic carbocycles. The van der Waals surface area contributed by atoms with Crippen molar-refractivity contribution >= 4 is 41.2 Å². The average molecular weight is 678 g/mol. The molecule has 7 atom stereocenters. The monoisotopic (exact) mass is 677 g/mol. The van der Waals surface area contributed by atoms with E-state index < -0.39 is 48.1 Å². The number of hydrogen-bond acceptors (Lipinski definition) is 9. The van der Waals surface area contributed by atoms with Crippen LogP contribution in [0.5, 0.6) is 5.75 Å². The Morgan fingerprint density at radius 3 is 2.51 bits per heavy atom. The number of amides is 3. The molecule has 0 spiro atoms. The van der Waals surface area contributed by atoms with Crippen LogP contribution in [0.25, 0.3) is 0 Å². The zero-order valence-electron chi connectivity index (χ0n) is 28.7. The Morgan fingerprint density at radius 2 is 1.89 bits per heavy atom. The summed E-state index contributed by atoms with van der Waals surface area (Å²) >= 11 is 6.70. The minimum atomic E-state index is -1.76. The number of esters is 1. The van der Waals surface area contributed by atoms with Crippen molar-refractivity contribution in [3.05, 3.63) is 46.5 Å². The quantitative estimate of drug-likeness (QED) is 0.433. The predicted molar refractivity (Wildman–Crippen MR) is 177 cm³/mol. The first-order chi connectivity index (χ1) is 22.0. The second-order valence-electron chi connectivity index (χ2n) is 12.7. The van der Waals surface area contributed by atoms with E-state index in [2.05, 4.69) is 5.32 Å². The number of nitrogens with one attached hydrogen (secondary N) is 1. The third kappa shape index (κ3) is 9.27. The molecule has 3 amide bonds. The third-order valence-corrected chi connectivity index (χ3v) is 9.45. The highest BCUT2D eigenvalue weighted by Gasteiger charge is 2.46. The Hall–Kier alpha value is -3.61. The Morgan fingerprint density at radius 1 is 1.21 bits per heavy atom. The number of rotatable bonds is 5. The first kappa shape index (κ1) is 37.8. The topological polar surface area (TPSA) is 144 Å². The number of halogens is 1. The van der Waals surface area contributed by atoms with E-state index in [0.29, 0.717) is 24.3 Å². The zero-order chi connectivity index (χ0) is 35.2. The minimum Gasteiger partial charge on any atom is -0.495 e. The van der Waals surface area contributed by atoms with Crippen LogP contribution in [0.15, 0.2) is 35.9 Å².